The Labute approximate surface area is 186 Å². The van der Waals surface area contributed by atoms with Crippen molar-refractivity contribution in [2.75, 3.05) is 26.8 Å². The molecule has 3 N–H and O–H groups in total. The number of primary amides is 1. The molecule has 0 spiro atoms. The first kappa shape index (κ1) is 24.9. The second-order valence-corrected chi connectivity index (χ2v) is 7.47. The van der Waals surface area contributed by atoms with Gasteiger partial charge in [0.1, 0.15) is 24.2 Å². The number of carbonyl (C=O) groups is 3. The summed E-state index contributed by atoms with van der Waals surface area (Å²) in [7, 11) is 1.51. The minimum atomic E-state index is -0.574. The average Bonchev–Trinajstić information content (AvgIpc) is 2.74. The van der Waals surface area contributed by atoms with Crippen molar-refractivity contribution in [1.29, 1.82) is 0 Å². The Hall–Kier alpha value is -3.40. The van der Waals surface area contributed by atoms with Crippen LogP contribution in [-0.4, -0.2) is 72.3 Å². The van der Waals surface area contributed by atoms with Crippen molar-refractivity contribution < 1.29 is 33.7 Å². The Bertz CT molecular complexity index is 949. The molecule has 1 aliphatic heterocycles. The molecule has 10 nitrogen and oxygen atoms in total. The van der Waals surface area contributed by atoms with Crippen LogP contribution >= 0.6 is 0 Å². The number of carboxylic acid groups (broad SMARTS) is 1. The van der Waals surface area contributed by atoms with E-state index in [2.05, 4.69) is 4.98 Å². The fourth-order valence-corrected chi connectivity index (χ4v) is 3.45. The molecule has 174 valence electrons. The predicted molar refractivity (Wildman–Crippen MR) is 117 cm³/mol. The number of fused-ring (bicyclic) bond motifs is 1. The minimum absolute atomic E-state index is 0.0425. The minimum Gasteiger partial charge on any atom is -0.490 e. The smallest absolute Gasteiger partial charge is 0.290 e. The molecule has 1 atom stereocenters. The molecule has 0 radical (unpaired) electrons. The number of hydrogen-bond acceptors (Lipinski definition) is 7. The largest absolute Gasteiger partial charge is 0.490 e. The van der Waals surface area contributed by atoms with E-state index in [1.54, 1.807) is 29.3 Å². The third-order valence-electron chi connectivity index (χ3n) is 4.72. The van der Waals surface area contributed by atoms with Gasteiger partial charge in [-0.2, -0.15) is 0 Å². The maximum Gasteiger partial charge on any atom is 0.290 e. The van der Waals surface area contributed by atoms with Crippen LogP contribution in [0.1, 0.15) is 37.0 Å². The zero-order chi connectivity index (χ0) is 23.7. The molecule has 1 fully saturated rings. The summed E-state index contributed by atoms with van der Waals surface area (Å²) >= 11 is 0. The Morgan fingerprint density at radius 1 is 1.34 bits per heavy atom. The van der Waals surface area contributed by atoms with Crippen LogP contribution in [0.4, 0.5) is 0 Å². The van der Waals surface area contributed by atoms with Crippen LogP contribution < -0.4 is 15.2 Å². The normalized spacial score (nSPS) is 15.6. The van der Waals surface area contributed by atoms with E-state index < -0.39 is 5.91 Å². The lowest BCUT2D eigenvalue weighted by Gasteiger charge is -2.33. The molecule has 1 saturated heterocycles. The summed E-state index contributed by atoms with van der Waals surface area (Å²) in [4.78, 5) is 38.4. The molecule has 1 aromatic carbocycles. The number of hydrogen-bond donors (Lipinski definition) is 2. The van der Waals surface area contributed by atoms with E-state index in [-0.39, 0.29) is 36.8 Å². The van der Waals surface area contributed by atoms with Crippen LogP contribution in [0, 0.1) is 0 Å². The Morgan fingerprint density at radius 3 is 2.69 bits per heavy atom. The maximum absolute atomic E-state index is 12.1. The number of pyridine rings is 1. The molecule has 10 heteroatoms. The van der Waals surface area contributed by atoms with Crippen LogP contribution in [0.2, 0.25) is 0 Å². The predicted octanol–water partition coefficient (Wildman–Crippen LogP) is 1.84. The lowest BCUT2D eigenvalue weighted by Crippen LogP contribution is -2.45. The summed E-state index contributed by atoms with van der Waals surface area (Å²) in [6.07, 6.45) is 3.07. The molecule has 32 heavy (non-hydrogen) atoms. The molecule has 0 unspecified atom stereocenters. The number of carbonyl (C=O) groups excluding carboxylic acids is 2. The summed E-state index contributed by atoms with van der Waals surface area (Å²) in [5, 5.41) is 7.62. The molecule has 0 bridgehead atoms. The van der Waals surface area contributed by atoms with Gasteiger partial charge in [0, 0.05) is 25.2 Å². The third kappa shape index (κ3) is 6.55. The highest BCUT2D eigenvalue weighted by atomic mass is 16.5. The lowest BCUT2D eigenvalue weighted by molar-refractivity contribution is -0.137. The van der Waals surface area contributed by atoms with Crippen molar-refractivity contribution in [3.8, 4) is 11.5 Å². The van der Waals surface area contributed by atoms with Gasteiger partial charge in [0.05, 0.1) is 23.7 Å². The number of aromatic nitrogens is 1. The lowest BCUT2D eigenvalue weighted by atomic mass is 10.1. The van der Waals surface area contributed by atoms with E-state index in [9.17, 15) is 9.59 Å². The number of benzene rings is 1. The summed E-state index contributed by atoms with van der Waals surface area (Å²) in [5.41, 5.74) is 6.39. The molecular formula is C22H29N3O7. The number of rotatable bonds is 7. The molecule has 0 aliphatic carbocycles. The zero-order valence-electron chi connectivity index (χ0n) is 18.4. The second kappa shape index (κ2) is 11.8. The fraction of sp³-hybridized carbons (Fsp3) is 0.455. The second-order valence-electron chi connectivity index (χ2n) is 7.47. The molecule has 2 amide bonds. The van der Waals surface area contributed by atoms with Crippen molar-refractivity contribution in [1.82, 2.24) is 9.88 Å². The van der Waals surface area contributed by atoms with Crippen molar-refractivity contribution in [2.45, 2.75) is 38.9 Å². The number of ether oxygens (including phenoxy) is 3. The van der Waals surface area contributed by atoms with Gasteiger partial charge in [-0.25, -0.2) is 0 Å². The standard InChI is InChI=1S/C21H27N3O5.CH2O2/c1-13(2)28-19-10-15-17(9-16(19)21(22)26)23-7-6-18(15)29-14-5-4-8-24(11-14)20(25)12-27-3;2-1-3/h6-7,9-10,13-14H,4-5,8,11-12H2,1-3H3,(H2,22,26);1H,(H,2,3)/t14-;/m1./s1. The number of likely N-dealkylation sites (tertiary alicyclic amines) is 1. The highest BCUT2D eigenvalue weighted by Crippen LogP contribution is 2.32. The molecule has 2 heterocycles. The van der Waals surface area contributed by atoms with E-state index in [0.717, 1.165) is 18.2 Å². The van der Waals surface area contributed by atoms with Gasteiger partial charge in [-0.3, -0.25) is 19.4 Å². The van der Waals surface area contributed by atoms with Crippen LogP contribution in [0.25, 0.3) is 10.9 Å². The number of amides is 2. The van der Waals surface area contributed by atoms with Crippen LogP contribution in [0.15, 0.2) is 24.4 Å². The Morgan fingerprint density at radius 2 is 2.06 bits per heavy atom. The summed E-state index contributed by atoms with van der Waals surface area (Å²) < 4.78 is 17.0. The van der Waals surface area contributed by atoms with Crippen molar-refractivity contribution in [3.05, 3.63) is 30.0 Å². The van der Waals surface area contributed by atoms with Gasteiger partial charge >= 0.3 is 0 Å². The van der Waals surface area contributed by atoms with Gasteiger partial charge in [-0.15, -0.1) is 0 Å². The molecule has 0 saturated carbocycles. The monoisotopic (exact) mass is 447 g/mol. The van der Waals surface area contributed by atoms with E-state index in [4.69, 9.17) is 29.8 Å². The van der Waals surface area contributed by atoms with Crippen LogP contribution in [0.5, 0.6) is 11.5 Å². The van der Waals surface area contributed by atoms with Crippen molar-refractivity contribution in [3.63, 3.8) is 0 Å². The molecule has 2 aromatic rings. The number of nitrogens with zero attached hydrogens (tertiary/aromatic N) is 2. The zero-order valence-corrected chi connectivity index (χ0v) is 18.4. The van der Waals surface area contributed by atoms with Gasteiger partial charge in [0.15, 0.2) is 0 Å². The fourth-order valence-electron chi connectivity index (χ4n) is 3.45. The van der Waals surface area contributed by atoms with E-state index in [0.29, 0.717) is 30.1 Å². The Kier molecular flexibility index (Phi) is 9.21. The topological polar surface area (TPSA) is 141 Å². The molecule has 1 aromatic heterocycles. The van der Waals surface area contributed by atoms with Gasteiger partial charge in [-0.1, -0.05) is 0 Å². The summed E-state index contributed by atoms with van der Waals surface area (Å²) in [5.74, 6) is 0.415. The summed E-state index contributed by atoms with van der Waals surface area (Å²) in [6.45, 7) is 4.78. The average molecular weight is 447 g/mol. The first-order valence-corrected chi connectivity index (χ1v) is 10.2. The molecule has 1 aliphatic rings. The number of nitrogens with two attached hydrogens (primary N) is 1. The van der Waals surface area contributed by atoms with Crippen molar-refractivity contribution >= 4 is 29.2 Å². The van der Waals surface area contributed by atoms with Gasteiger partial charge in [-0.05, 0) is 44.9 Å². The summed E-state index contributed by atoms with van der Waals surface area (Å²) in [6, 6.07) is 5.15. The van der Waals surface area contributed by atoms with Crippen LogP contribution in [-0.2, 0) is 14.3 Å². The SMILES string of the molecule is COCC(=O)N1CCC[C@@H](Oc2ccnc3cc(C(N)=O)c(OC(C)C)cc23)C1.O=CO. The number of methoxy groups -OCH3 is 1. The highest BCUT2D eigenvalue weighted by Gasteiger charge is 2.25. The van der Waals surface area contributed by atoms with Crippen molar-refractivity contribution in [2.24, 2.45) is 5.73 Å². The number of piperidine rings is 1. The van der Waals surface area contributed by atoms with Gasteiger partial charge in [0.2, 0.25) is 5.91 Å². The maximum atomic E-state index is 12.1. The van der Waals surface area contributed by atoms with E-state index >= 15 is 0 Å². The molecular weight excluding hydrogens is 418 g/mol. The quantitative estimate of drug-likeness (QED) is 0.613. The van der Waals surface area contributed by atoms with Crippen LogP contribution in [0.3, 0.4) is 0 Å². The van der Waals surface area contributed by atoms with E-state index in [1.165, 1.54) is 7.11 Å². The van der Waals surface area contributed by atoms with E-state index in [1.807, 2.05) is 13.8 Å². The van der Waals surface area contributed by atoms with Gasteiger partial charge in [0.25, 0.3) is 12.4 Å². The first-order valence-electron chi connectivity index (χ1n) is 10.2. The Balaban J connectivity index is 0.00000114. The van der Waals surface area contributed by atoms with Gasteiger partial charge < -0.3 is 30.0 Å². The highest BCUT2D eigenvalue weighted by molar-refractivity contribution is 6.01. The third-order valence-corrected chi connectivity index (χ3v) is 4.72. The first-order chi connectivity index (χ1) is 15.3. The molecule has 3 rings (SSSR count).